The van der Waals surface area contributed by atoms with Crippen LogP contribution < -0.4 is 19.5 Å². The fourth-order valence-corrected chi connectivity index (χ4v) is 9.97. The van der Waals surface area contributed by atoms with Crippen LogP contribution in [0.25, 0.3) is 11.0 Å². The number of nitrogens with one attached hydrogen (secondary N) is 2. The third kappa shape index (κ3) is 8.94. The number of hydrogen-bond acceptors (Lipinski definition) is 11. The Morgan fingerprint density at radius 2 is 1.87 bits per heavy atom. The second kappa shape index (κ2) is 16.4. The second-order valence-electron chi connectivity index (χ2n) is 18.5. The molecule has 60 heavy (non-hydrogen) atoms. The fourth-order valence-electron chi connectivity index (χ4n) is 8.65. The summed E-state index contributed by atoms with van der Waals surface area (Å²) in [5.41, 5.74) is -0.873. The van der Waals surface area contributed by atoms with Crippen LogP contribution in [0, 0.1) is 28.6 Å². The first kappa shape index (κ1) is 43.6. The van der Waals surface area contributed by atoms with Gasteiger partial charge in [0.2, 0.25) is 34.1 Å². The lowest BCUT2D eigenvalue weighted by Crippen LogP contribution is -2.57. The predicted octanol–water partition coefficient (Wildman–Crippen LogP) is 5.53. The van der Waals surface area contributed by atoms with Crippen molar-refractivity contribution in [3.63, 3.8) is 0 Å². The number of hydrogen-bond donors (Lipinski definition) is 2. The molecule has 18 heteroatoms. The summed E-state index contributed by atoms with van der Waals surface area (Å²) in [6.07, 6.45) is 1.23. The molecule has 3 saturated carbocycles. The summed E-state index contributed by atoms with van der Waals surface area (Å²) in [7, 11) is -2.59. The van der Waals surface area contributed by atoms with Crippen molar-refractivity contribution in [2.75, 3.05) is 13.7 Å². The first-order valence-electron chi connectivity index (χ1n) is 21.0. The number of nitrogens with zero attached hydrogens (tertiary/aromatic N) is 4. The third-order valence-corrected chi connectivity index (χ3v) is 15.2. The maximum absolute atomic E-state index is 14.8. The average molecular weight is 859 g/mol. The molecule has 328 valence electrons. The molecule has 3 aliphatic carbocycles. The highest BCUT2D eigenvalue weighted by Crippen LogP contribution is 2.55. The number of halogens is 2. The zero-order valence-corrected chi connectivity index (χ0v) is 35.9. The Hall–Kier alpha value is -4.48. The molecule has 5 aliphatic rings. The van der Waals surface area contributed by atoms with Gasteiger partial charge in [0.05, 0.1) is 34.8 Å². The maximum Gasteiger partial charge on any atom is 0.408 e. The molecule has 8 atom stereocenters. The van der Waals surface area contributed by atoms with E-state index in [2.05, 4.69) is 15.0 Å². The molecule has 2 aliphatic heterocycles. The first-order valence-corrected chi connectivity index (χ1v) is 22.5. The zero-order chi connectivity index (χ0) is 43.4. The highest BCUT2D eigenvalue weighted by molar-refractivity contribution is 7.91. The molecule has 3 heterocycles. The number of alkyl carbamates (subject to hydrolysis) is 1. The number of rotatable bonds is 9. The van der Waals surface area contributed by atoms with E-state index in [9.17, 15) is 36.4 Å². The minimum absolute atomic E-state index is 0.120. The van der Waals surface area contributed by atoms with E-state index in [1.165, 1.54) is 11.8 Å². The van der Waals surface area contributed by atoms with Crippen LogP contribution in [0.5, 0.6) is 11.6 Å². The van der Waals surface area contributed by atoms with Crippen molar-refractivity contribution in [2.24, 2.45) is 33.6 Å². The van der Waals surface area contributed by atoms with Crippen molar-refractivity contribution < 1.29 is 50.6 Å². The summed E-state index contributed by atoms with van der Waals surface area (Å²) < 4.78 is 72.3. The molecule has 1 unspecified atom stereocenters. The van der Waals surface area contributed by atoms with Gasteiger partial charge >= 0.3 is 6.09 Å². The summed E-state index contributed by atoms with van der Waals surface area (Å²) in [6, 6.07) is 2.90. The molecule has 1 aromatic heterocycles. The predicted molar refractivity (Wildman–Crippen MR) is 216 cm³/mol. The van der Waals surface area contributed by atoms with Crippen LogP contribution in [-0.2, 0) is 35.6 Å². The molecular formula is C42H56F2N6O9S. The SMILES string of the molecule is CC[C@@H]1[C@@H]2CN(C(=O)C(C(C)(C)C)NC(=O)O[C@@H]3C[C@H]3CCCCCc3nc4ccc(OC)cc4nc3O2)[C@@H]1C(=O)N=C[C@]1(C(=O)NS(=O)(=O)C2(C)CC2)C[C@H]1CC(F)F. The number of methoxy groups -OCH3 is 1. The Balaban J connectivity index is 1.26. The molecule has 4 fully saturated rings. The lowest BCUT2D eigenvalue weighted by atomic mass is 9.85. The molecule has 1 aromatic carbocycles. The Kier molecular flexibility index (Phi) is 11.9. The minimum Gasteiger partial charge on any atom is -0.497 e. The van der Waals surface area contributed by atoms with Crippen LogP contribution >= 0.6 is 0 Å². The van der Waals surface area contributed by atoms with E-state index >= 15 is 0 Å². The number of aliphatic imine (C=N–C) groups is 1. The van der Waals surface area contributed by atoms with Gasteiger partial charge in [-0.25, -0.2) is 37.0 Å². The van der Waals surface area contributed by atoms with E-state index in [1.807, 2.05) is 13.0 Å². The van der Waals surface area contributed by atoms with Crippen LogP contribution in [0.4, 0.5) is 13.6 Å². The largest absolute Gasteiger partial charge is 0.497 e. The van der Waals surface area contributed by atoms with Crippen LogP contribution in [0.3, 0.4) is 0 Å². The smallest absolute Gasteiger partial charge is 0.408 e. The van der Waals surface area contributed by atoms with Gasteiger partial charge in [-0.15, -0.1) is 0 Å². The molecule has 0 spiro atoms. The normalized spacial score (nSPS) is 30.6. The van der Waals surface area contributed by atoms with Crippen LogP contribution in [0.2, 0.25) is 0 Å². The van der Waals surface area contributed by atoms with Gasteiger partial charge in [-0.1, -0.05) is 40.5 Å². The number of fused-ring (bicyclic) bond motifs is 5. The topological polar surface area (TPSA) is 196 Å². The molecule has 2 aromatic rings. The van der Waals surface area contributed by atoms with Gasteiger partial charge in [0.1, 0.15) is 35.7 Å². The van der Waals surface area contributed by atoms with Gasteiger partial charge in [-0.05, 0) is 87.7 Å². The zero-order valence-electron chi connectivity index (χ0n) is 35.0. The van der Waals surface area contributed by atoms with Crippen molar-refractivity contribution in [3.8, 4) is 11.6 Å². The minimum atomic E-state index is -4.14. The Labute approximate surface area is 349 Å². The van der Waals surface area contributed by atoms with Gasteiger partial charge in [-0.2, -0.15) is 0 Å². The highest BCUT2D eigenvalue weighted by atomic mass is 32.2. The molecule has 0 radical (unpaired) electrons. The van der Waals surface area contributed by atoms with Crippen molar-refractivity contribution >= 4 is 51.1 Å². The summed E-state index contributed by atoms with van der Waals surface area (Å²) in [4.78, 5) is 71.7. The lowest BCUT2D eigenvalue weighted by Gasteiger charge is -2.35. The number of alkyl halides is 2. The molecule has 2 bridgehead atoms. The van der Waals surface area contributed by atoms with Crippen molar-refractivity contribution in [1.29, 1.82) is 0 Å². The molecule has 2 N–H and O–H groups in total. The number of benzene rings is 1. The summed E-state index contributed by atoms with van der Waals surface area (Å²) in [6.45, 7) is 8.53. The quantitative estimate of drug-likeness (QED) is 0.301. The third-order valence-electron chi connectivity index (χ3n) is 13.0. The Morgan fingerprint density at radius 3 is 2.53 bits per heavy atom. The second-order valence-corrected chi connectivity index (χ2v) is 20.7. The number of carbonyl (C=O) groups is 4. The monoisotopic (exact) mass is 858 g/mol. The van der Waals surface area contributed by atoms with Gasteiger partial charge < -0.3 is 24.4 Å². The van der Waals surface area contributed by atoms with E-state index in [4.69, 9.17) is 24.2 Å². The molecular weight excluding hydrogens is 803 g/mol. The lowest BCUT2D eigenvalue weighted by molar-refractivity contribution is -0.141. The average Bonchev–Trinajstić information content (AvgIpc) is 4.14. The summed E-state index contributed by atoms with van der Waals surface area (Å²) in [5, 5.41) is 2.78. The summed E-state index contributed by atoms with van der Waals surface area (Å²) in [5.74, 6) is -3.13. The molecule has 4 amide bonds. The van der Waals surface area contributed by atoms with E-state index in [-0.39, 0.29) is 30.9 Å². The molecule has 1 saturated heterocycles. The number of sulfonamides is 1. The first-order chi connectivity index (χ1) is 28.3. The number of aromatic nitrogens is 2. The maximum atomic E-state index is 14.8. The van der Waals surface area contributed by atoms with Crippen LogP contribution in [0.15, 0.2) is 23.2 Å². The van der Waals surface area contributed by atoms with Gasteiger partial charge in [0.25, 0.3) is 5.91 Å². The number of amides is 4. The van der Waals surface area contributed by atoms with Crippen molar-refractivity contribution in [2.45, 2.75) is 141 Å². The van der Waals surface area contributed by atoms with E-state index < -0.39 is 92.3 Å². The van der Waals surface area contributed by atoms with Crippen molar-refractivity contribution in [3.05, 3.63) is 23.9 Å². The van der Waals surface area contributed by atoms with E-state index in [1.54, 1.807) is 40.0 Å². The van der Waals surface area contributed by atoms with Gasteiger partial charge in [0.15, 0.2) is 0 Å². The van der Waals surface area contributed by atoms with Crippen LogP contribution in [0.1, 0.15) is 105 Å². The summed E-state index contributed by atoms with van der Waals surface area (Å²) >= 11 is 0. The fraction of sp³-hybridized carbons (Fsp3) is 0.690. The van der Waals surface area contributed by atoms with Crippen molar-refractivity contribution in [1.82, 2.24) is 24.9 Å². The Bertz CT molecular complexity index is 2160. The number of aryl methyl sites for hydroxylation is 1. The molecule has 7 rings (SSSR count). The van der Waals surface area contributed by atoms with Gasteiger partial charge in [-0.3, -0.25) is 19.1 Å². The standard InChI is InChI=1S/C42H56F2N6O9S/c1-7-26-31-21-50(33(26)35(51)45-22-42(20-24(42)18-32(43)44)38(53)49-60(55,56)41(5)15-16-41)37(52)34(40(2,3)4)48-39(54)59-30-17-23(30)11-9-8-10-12-28-36(58-31)47-29-19-25(57-6)13-14-27(29)46-28/h13-14,19,22-24,26,30-34H,7-12,15-18,20-21H2,1-6H3,(H,48,54)(H,49,53)/t23-,24-,26-,30-,31+,33+,34?,42-/m1/s1. The molecule has 15 nitrogen and oxygen atoms in total. The number of ether oxygens (including phenoxy) is 3. The Morgan fingerprint density at radius 1 is 1.12 bits per heavy atom. The highest BCUT2D eigenvalue weighted by Gasteiger charge is 2.62. The van der Waals surface area contributed by atoms with E-state index in [0.717, 1.165) is 38.3 Å². The number of carbonyl (C=O) groups excluding carboxylic acids is 4. The van der Waals surface area contributed by atoms with Crippen LogP contribution in [-0.4, -0.2) is 102 Å². The van der Waals surface area contributed by atoms with E-state index in [0.29, 0.717) is 48.2 Å². The van der Waals surface area contributed by atoms with Gasteiger partial charge in [0, 0.05) is 24.6 Å².